The zero-order valence-electron chi connectivity index (χ0n) is 7.22. The Labute approximate surface area is 71.7 Å². The molecule has 1 rings (SSSR count). The van der Waals surface area contributed by atoms with Gasteiger partial charge in [-0.2, -0.15) is 0 Å². The van der Waals surface area contributed by atoms with Crippen LogP contribution in [0, 0.1) is 5.41 Å². The van der Waals surface area contributed by atoms with Gasteiger partial charge in [0.2, 0.25) is 0 Å². The van der Waals surface area contributed by atoms with Crippen molar-refractivity contribution in [2.45, 2.75) is 26.0 Å². The van der Waals surface area contributed by atoms with E-state index in [2.05, 4.69) is 20.8 Å². The molecule has 0 amide bonds. The maximum absolute atomic E-state index is 11.2. The molecule has 1 atom stereocenters. The van der Waals surface area contributed by atoms with Gasteiger partial charge in [-0.15, -0.1) is 11.8 Å². The van der Waals surface area contributed by atoms with Crippen LogP contribution in [-0.2, 0) is 9.53 Å². The van der Waals surface area contributed by atoms with Crippen molar-refractivity contribution < 1.29 is 9.53 Å². The number of carbonyl (C=O) groups is 1. The van der Waals surface area contributed by atoms with Crippen molar-refractivity contribution >= 4 is 17.7 Å². The largest absolute Gasteiger partial charge is 0.464 e. The minimum atomic E-state index is -0.0475. The molecule has 0 bridgehead atoms. The highest BCUT2D eigenvalue weighted by atomic mass is 32.2. The van der Waals surface area contributed by atoms with Crippen molar-refractivity contribution in [1.82, 2.24) is 0 Å². The van der Waals surface area contributed by atoms with Crippen molar-refractivity contribution in [1.29, 1.82) is 0 Å². The first-order valence-corrected chi connectivity index (χ1v) is 4.85. The van der Waals surface area contributed by atoms with Crippen LogP contribution in [0.2, 0.25) is 0 Å². The number of hydrogen-bond acceptors (Lipinski definition) is 3. The fraction of sp³-hybridized carbons (Fsp3) is 0.875. The van der Waals surface area contributed by atoms with E-state index in [4.69, 9.17) is 4.74 Å². The van der Waals surface area contributed by atoms with Gasteiger partial charge in [0.25, 0.3) is 0 Å². The number of hydrogen-bond donors (Lipinski definition) is 0. The van der Waals surface area contributed by atoms with Gasteiger partial charge in [0.05, 0.1) is 0 Å². The molecule has 1 heterocycles. The van der Waals surface area contributed by atoms with Crippen LogP contribution >= 0.6 is 11.8 Å². The van der Waals surface area contributed by atoms with Crippen LogP contribution in [0.3, 0.4) is 0 Å². The van der Waals surface area contributed by atoms with Crippen molar-refractivity contribution in [3.8, 4) is 0 Å². The summed E-state index contributed by atoms with van der Waals surface area (Å²) in [4.78, 5) is 11.2. The molecular weight excluding hydrogens is 160 g/mol. The average molecular weight is 174 g/mol. The van der Waals surface area contributed by atoms with Crippen molar-refractivity contribution in [3.63, 3.8) is 0 Å². The molecule has 0 aromatic rings. The fourth-order valence-electron chi connectivity index (χ4n) is 1.06. The first-order valence-electron chi connectivity index (χ1n) is 3.80. The molecule has 1 fully saturated rings. The van der Waals surface area contributed by atoms with Crippen LogP contribution in [0.1, 0.15) is 20.8 Å². The minimum Gasteiger partial charge on any atom is -0.464 e. The van der Waals surface area contributed by atoms with Gasteiger partial charge in [-0.05, 0) is 5.41 Å². The molecule has 3 heteroatoms. The molecule has 1 saturated heterocycles. The van der Waals surface area contributed by atoms with E-state index in [9.17, 15) is 4.79 Å². The monoisotopic (exact) mass is 174 g/mol. The third-order valence-electron chi connectivity index (χ3n) is 1.61. The third-order valence-corrected chi connectivity index (χ3v) is 3.25. The second kappa shape index (κ2) is 3.05. The summed E-state index contributed by atoms with van der Waals surface area (Å²) in [6, 6.07) is 0. The molecule has 0 saturated carbocycles. The zero-order valence-corrected chi connectivity index (χ0v) is 8.03. The highest BCUT2D eigenvalue weighted by Gasteiger charge is 2.35. The Hall–Kier alpha value is -0.180. The first kappa shape index (κ1) is 8.91. The molecular formula is C8H14O2S. The van der Waals surface area contributed by atoms with Gasteiger partial charge in [-0.1, -0.05) is 20.8 Å². The molecule has 64 valence electrons. The summed E-state index contributed by atoms with van der Waals surface area (Å²) in [5, 5.41) is 0.0243. The number of ether oxygens (including phenoxy) is 1. The van der Waals surface area contributed by atoms with E-state index in [0.717, 1.165) is 5.75 Å². The Morgan fingerprint density at radius 3 is 2.55 bits per heavy atom. The summed E-state index contributed by atoms with van der Waals surface area (Å²) in [6.07, 6.45) is 0. The van der Waals surface area contributed by atoms with Crippen molar-refractivity contribution in [2.75, 3.05) is 12.4 Å². The van der Waals surface area contributed by atoms with Crippen LogP contribution in [0.15, 0.2) is 0 Å². The van der Waals surface area contributed by atoms with Gasteiger partial charge in [-0.3, -0.25) is 4.79 Å². The van der Waals surface area contributed by atoms with E-state index in [1.54, 1.807) is 11.8 Å². The number of carbonyl (C=O) groups excluding carboxylic acids is 1. The quantitative estimate of drug-likeness (QED) is 0.523. The fourth-order valence-corrected chi connectivity index (χ4v) is 2.17. The molecule has 0 unspecified atom stereocenters. The van der Waals surface area contributed by atoms with Crippen LogP contribution in [0.25, 0.3) is 0 Å². The lowest BCUT2D eigenvalue weighted by Crippen LogP contribution is -2.37. The maximum Gasteiger partial charge on any atom is 0.319 e. The van der Waals surface area contributed by atoms with Gasteiger partial charge >= 0.3 is 5.97 Å². The Morgan fingerprint density at radius 2 is 2.18 bits per heavy atom. The lowest BCUT2D eigenvalue weighted by atomic mass is 9.92. The summed E-state index contributed by atoms with van der Waals surface area (Å²) in [5.74, 6) is 0.891. The van der Waals surface area contributed by atoms with Crippen molar-refractivity contribution in [2.24, 2.45) is 5.41 Å². The van der Waals surface area contributed by atoms with Crippen LogP contribution in [0.4, 0.5) is 0 Å². The summed E-state index contributed by atoms with van der Waals surface area (Å²) in [6.45, 7) is 6.78. The topological polar surface area (TPSA) is 26.3 Å². The first-order chi connectivity index (χ1) is 5.02. The van der Waals surface area contributed by atoms with Gasteiger partial charge < -0.3 is 4.74 Å². The average Bonchev–Trinajstić information content (AvgIpc) is 1.86. The Morgan fingerprint density at radius 1 is 1.55 bits per heavy atom. The van der Waals surface area contributed by atoms with E-state index < -0.39 is 0 Å². The van der Waals surface area contributed by atoms with Gasteiger partial charge in [0.1, 0.15) is 11.9 Å². The second-order valence-electron chi connectivity index (χ2n) is 3.78. The Balaban J connectivity index is 2.62. The number of cyclic esters (lactones) is 1. The maximum atomic E-state index is 11.2. The van der Waals surface area contributed by atoms with E-state index in [1.807, 2.05) is 0 Å². The van der Waals surface area contributed by atoms with Gasteiger partial charge in [0, 0.05) is 5.75 Å². The molecule has 11 heavy (non-hydrogen) atoms. The molecule has 1 aliphatic rings. The number of rotatable bonds is 0. The van der Waals surface area contributed by atoms with Crippen LogP contribution in [-0.4, -0.2) is 23.6 Å². The summed E-state index contributed by atoms with van der Waals surface area (Å²) in [5.41, 5.74) is 0.0299. The van der Waals surface area contributed by atoms with E-state index in [0.29, 0.717) is 6.61 Å². The van der Waals surface area contributed by atoms with Gasteiger partial charge in [0.15, 0.2) is 0 Å². The predicted molar refractivity (Wildman–Crippen MR) is 46.7 cm³/mol. The Kier molecular flexibility index (Phi) is 2.47. The molecule has 0 spiro atoms. The van der Waals surface area contributed by atoms with Crippen molar-refractivity contribution in [3.05, 3.63) is 0 Å². The summed E-state index contributed by atoms with van der Waals surface area (Å²) >= 11 is 1.70. The predicted octanol–water partition coefficient (Wildman–Crippen LogP) is 1.69. The molecule has 1 aliphatic heterocycles. The lowest BCUT2D eigenvalue weighted by molar-refractivity contribution is -0.145. The standard InChI is InChI=1S/C8H14O2S/c1-8(2,3)6-7(9)10-4-5-11-6/h6H,4-5H2,1-3H3/t6-/m0/s1. The summed E-state index contributed by atoms with van der Waals surface area (Å²) in [7, 11) is 0. The number of esters is 1. The smallest absolute Gasteiger partial charge is 0.319 e. The SMILES string of the molecule is CC(C)(C)[C@H]1SCCOC1=O. The zero-order chi connectivity index (χ0) is 8.48. The minimum absolute atomic E-state index is 0.0243. The molecule has 0 aromatic carbocycles. The van der Waals surface area contributed by atoms with E-state index >= 15 is 0 Å². The molecule has 2 nitrogen and oxygen atoms in total. The normalized spacial score (nSPS) is 26.5. The highest BCUT2D eigenvalue weighted by Crippen LogP contribution is 2.33. The van der Waals surface area contributed by atoms with E-state index in [-0.39, 0.29) is 16.6 Å². The van der Waals surface area contributed by atoms with Crippen LogP contribution in [0.5, 0.6) is 0 Å². The molecule has 0 aliphatic carbocycles. The third kappa shape index (κ3) is 2.12. The summed E-state index contributed by atoms with van der Waals surface area (Å²) < 4.78 is 4.96. The van der Waals surface area contributed by atoms with E-state index in [1.165, 1.54) is 0 Å². The van der Waals surface area contributed by atoms with Gasteiger partial charge in [-0.25, -0.2) is 0 Å². The molecule has 0 aromatic heterocycles. The van der Waals surface area contributed by atoms with Crippen LogP contribution < -0.4 is 0 Å². The molecule has 0 radical (unpaired) electrons. The lowest BCUT2D eigenvalue weighted by Gasteiger charge is -2.31. The highest BCUT2D eigenvalue weighted by molar-refractivity contribution is 8.00. The molecule has 0 N–H and O–H groups in total. The number of thioether (sulfide) groups is 1. The second-order valence-corrected chi connectivity index (χ2v) is 5.00. The Bertz CT molecular complexity index is 160.